The van der Waals surface area contributed by atoms with Crippen LogP contribution < -0.4 is 9.47 Å². The maximum absolute atomic E-state index is 11.1. The summed E-state index contributed by atoms with van der Waals surface area (Å²) in [4.78, 5) is 32.8. The molecule has 0 aliphatic carbocycles. The van der Waals surface area contributed by atoms with Crippen molar-refractivity contribution in [1.29, 1.82) is 0 Å². The minimum Gasteiger partial charge on any atom is -0.478 e. The lowest BCUT2D eigenvalue weighted by Gasteiger charge is -2.12. The molecule has 0 unspecified atom stereocenters. The Morgan fingerprint density at radius 1 is 1.05 bits per heavy atom. The van der Waals surface area contributed by atoms with E-state index in [2.05, 4.69) is 0 Å². The Labute approximate surface area is 115 Å². The maximum Gasteiger partial charge on any atom is 0.328 e. The van der Waals surface area contributed by atoms with Gasteiger partial charge >= 0.3 is 17.9 Å². The van der Waals surface area contributed by atoms with Gasteiger partial charge in [-0.25, -0.2) is 4.79 Å². The van der Waals surface area contributed by atoms with Crippen LogP contribution in [-0.2, 0) is 14.4 Å². The monoisotopic (exact) mass is 278 g/mol. The standard InChI is InChI=1S/C14H14O6/c1-8-6-12(19-9(2)15)11(4-5-14(17)18)13(7-8)20-10(3)16/h4-7H,1-3H3,(H,17,18)/b5-4+. The van der Waals surface area contributed by atoms with Crippen LogP contribution in [0.3, 0.4) is 0 Å². The SMILES string of the molecule is CC(=O)Oc1cc(C)cc(OC(C)=O)c1/C=C/C(=O)O. The van der Waals surface area contributed by atoms with Crippen molar-refractivity contribution >= 4 is 24.0 Å². The van der Waals surface area contributed by atoms with Crippen LogP contribution in [0.4, 0.5) is 0 Å². The second-order valence-electron chi connectivity index (χ2n) is 4.03. The third-order valence-corrected chi connectivity index (χ3v) is 2.15. The fourth-order valence-corrected chi connectivity index (χ4v) is 1.53. The first-order valence-corrected chi connectivity index (χ1v) is 5.72. The first-order valence-electron chi connectivity index (χ1n) is 5.72. The van der Waals surface area contributed by atoms with Gasteiger partial charge < -0.3 is 14.6 Å². The summed E-state index contributed by atoms with van der Waals surface area (Å²) in [6.07, 6.45) is 2.07. The highest BCUT2D eigenvalue weighted by Gasteiger charge is 2.14. The van der Waals surface area contributed by atoms with E-state index in [0.717, 1.165) is 6.08 Å². The van der Waals surface area contributed by atoms with Crippen molar-refractivity contribution in [1.82, 2.24) is 0 Å². The molecule has 0 saturated heterocycles. The molecule has 1 aromatic carbocycles. The third kappa shape index (κ3) is 4.56. The number of aryl methyl sites for hydroxylation is 1. The number of aliphatic carboxylic acids is 1. The molecule has 1 N–H and O–H groups in total. The van der Waals surface area contributed by atoms with Gasteiger partial charge in [0, 0.05) is 19.9 Å². The van der Waals surface area contributed by atoms with Crippen molar-refractivity contribution in [3.8, 4) is 11.5 Å². The highest BCUT2D eigenvalue weighted by Crippen LogP contribution is 2.32. The van der Waals surface area contributed by atoms with Gasteiger partial charge in [-0.3, -0.25) is 9.59 Å². The highest BCUT2D eigenvalue weighted by molar-refractivity contribution is 5.87. The van der Waals surface area contributed by atoms with E-state index >= 15 is 0 Å². The molecule has 0 saturated carbocycles. The Balaban J connectivity index is 3.39. The largest absolute Gasteiger partial charge is 0.478 e. The average Bonchev–Trinajstić information content (AvgIpc) is 2.25. The smallest absolute Gasteiger partial charge is 0.328 e. The van der Waals surface area contributed by atoms with Gasteiger partial charge in [-0.15, -0.1) is 0 Å². The lowest BCUT2D eigenvalue weighted by molar-refractivity contribution is -0.132. The van der Waals surface area contributed by atoms with E-state index in [4.69, 9.17) is 14.6 Å². The Morgan fingerprint density at radius 3 is 1.85 bits per heavy atom. The summed E-state index contributed by atoms with van der Waals surface area (Å²) in [6.45, 7) is 4.17. The second kappa shape index (κ2) is 6.51. The number of esters is 2. The van der Waals surface area contributed by atoms with E-state index in [9.17, 15) is 14.4 Å². The van der Waals surface area contributed by atoms with Gasteiger partial charge in [0.2, 0.25) is 0 Å². The zero-order valence-corrected chi connectivity index (χ0v) is 11.3. The van der Waals surface area contributed by atoms with Crippen molar-refractivity contribution in [2.75, 3.05) is 0 Å². The van der Waals surface area contributed by atoms with Crippen molar-refractivity contribution in [3.05, 3.63) is 29.3 Å². The summed E-state index contributed by atoms with van der Waals surface area (Å²) >= 11 is 0. The molecule has 6 heteroatoms. The van der Waals surface area contributed by atoms with Crippen LogP contribution in [-0.4, -0.2) is 23.0 Å². The van der Waals surface area contributed by atoms with E-state index in [1.165, 1.54) is 19.9 Å². The molecule has 0 amide bonds. The normalized spacial score (nSPS) is 10.3. The number of ether oxygens (including phenoxy) is 2. The number of rotatable bonds is 4. The summed E-state index contributed by atoms with van der Waals surface area (Å²) in [6, 6.07) is 3.10. The molecule has 6 nitrogen and oxygen atoms in total. The molecule has 0 fully saturated rings. The van der Waals surface area contributed by atoms with Gasteiger partial charge in [0.05, 0.1) is 5.56 Å². The first kappa shape index (κ1) is 15.4. The molecule has 1 aromatic rings. The molecule has 1 rings (SSSR count). The zero-order chi connectivity index (χ0) is 15.3. The molecule has 0 aliphatic rings. The predicted octanol–water partition coefficient (Wildman–Crippen LogP) is 1.94. The van der Waals surface area contributed by atoms with Gasteiger partial charge in [-0.1, -0.05) is 0 Å². The number of carboxylic acid groups (broad SMARTS) is 1. The fourth-order valence-electron chi connectivity index (χ4n) is 1.53. The van der Waals surface area contributed by atoms with E-state index in [1.807, 2.05) is 0 Å². The number of hydrogen-bond acceptors (Lipinski definition) is 5. The fraction of sp³-hybridized carbons (Fsp3) is 0.214. The van der Waals surface area contributed by atoms with Crippen molar-refractivity contribution in [2.24, 2.45) is 0 Å². The topological polar surface area (TPSA) is 89.9 Å². The quantitative estimate of drug-likeness (QED) is 0.514. The van der Waals surface area contributed by atoms with Crippen molar-refractivity contribution < 1.29 is 29.0 Å². The van der Waals surface area contributed by atoms with Crippen LogP contribution in [0.25, 0.3) is 6.08 Å². The Morgan fingerprint density at radius 2 is 1.50 bits per heavy atom. The van der Waals surface area contributed by atoms with Crippen molar-refractivity contribution in [2.45, 2.75) is 20.8 Å². The highest BCUT2D eigenvalue weighted by atomic mass is 16.5. The number of benzene rings is 1. The molecule has 106 valence electrons. The molecule has 20 heavy (non-hydrogen) atoms. The minimum atomic E-state index is -1.17. The van der Waals surface area contributed by atoms with Gasteiger partial charge in [0.1, 0.15) is 11.5 Å². The minimum absolute atomic E-state index is 0.131. The molecule has 0 bridgehead atoms. The van der Waals surface area contributed by atoms with E-state index < -0.39 is 17.9 Å². The second-order valence-corrected chi connectivity index (χ2v) is 4.03. The lowest BCUT2D eigenvalue weighted by Crippen LogP contribution is -2.07. The molecule has 0 atom stereocenters. The summed E-state index contributed by atoms with van der Waals surface area (Å²) in [5.41, 5.74) is 0.911. The van der Waals surface area contributed by atoms with Gasteiger partial charge in [0.25, 0.3) is 0 Å². The Bertz CT molecular complexity index is 548. The number of carbonyl (C=O) groups excluding carboxylic acids is 2. The summed E-state index contributed by atoms with van der Waals surface area (Å²) in [5, 5.41) is 8.67. The lowest BCUT2D eigenvalue weighted by atomic mass is 10.1. The molecule has 0 heterocycles. The van der Waals surface area contributed by atoms with Crippen LogP contribution in [0.1, 0.15) is 25.0 Å². The van der Waals surface area contributed by atoms with Crippen LogP contribution in [0.15, 0.2) is 18.2 Å². The van der Waals surface area contributed by atoms with E-state index in [1.54, 1.807) is 19.1 Å². The van der Waals surface area contributed by atoms with E-state index in [0.29, 0.717) is 5.56 Å². The summed E-state index contributed by atoms with van der Waals surface area (Å²) in [7, 11) is 0. The summed E-state index contributed by atoms with van der Waals surface area (Å²) in [5.74, 6) is -2.03. The Hall–Kier alpha value is -2.63. The van der Waals surface area contributed by atoms with E-state index in [-0.39, 0.29) is 17.1 Å². The predicted molar refractivity (Wildman–Crippen MR) is 70.5 cm³/mol. The number of carbonyl (C=O) groups is 3. The molecule has 0 radical (unpaired) electrons. The molecule has 0 aliphatic heterocycles. The van der Waals surface area contributed by atoms with Gasteiger partial charge in [0.15, 0.2) is 0 Å². The first-order chi connectivity index (χ1) is 9.29. The maximum atomic E-state index is 11.1. The van der Waals surface area contributed by atoms with Gasteiger partial charge in [-0.2, -0.15) is 0 Å². The molecule has 0 spiro atoms. The van der Waals surface area contributed by atoms with Crippen molar-refractivity contribution in [3.63, 3.8) is 0 Å². The number of carboxylic acids is 1. The van der Waals surface area contributed by atoms with Crippen LogP contribution >= 0.6 is 0 Å². The van der Waals surface area contributed by atoms with Crippen LogP contribution in [0.5, 0.6) is 11.5 Å². The van der Waals surface area contributed by atoms with Crippen LogP contribution in [0, 0.1) is 6.92 Å². The Kier molecular flexibility index (Phi) is 5.02. The summed E-state index contributed by atoms with van der Waals surface area (Å²) < 4.78 is 10.0. The number of hydrogen-bond donors (Lipinski definition) is 1. The average molecular weight is 278 g/mol. The molecule has 0 aromatic heterocycles. The van der Waals surface area contributed by atoms with Gasteiger partial charge in [-0.05, 0) is 30.7 Å². The molecular weight excluding hydrogens is 264 g/mol. The third-order valence-electron chi connectivity index (χ3n) is 2.15. The molecular formula is C14H14O6. The zero-order valence-electron chi connectivity index (χ0n) is 11.3. The van der Waals surface area contributed by atoms with Crippen LogP contribution in [0.2, 0.25) is 0 Å².